The van der Waals surface area contributed by atoms with E-state index in [0.29, 0.717) is 6.61 Å². The van der Waals surface area contributed by atoms with E-state index in [9.17, 15) is 5.11 Å². The Bertz CT molecular complexity index is 409. The van der Waals surface area contributed by atoms with E-state index in [1.165, 1.54) is 0 Å². The van der Waals surface area contributed by atoms with E-state index in [2.05, 4.69) is 4.90 Å². The highest BCUT2D eigenvalue weighted by molar-refractivity contribution is 5.42. The third-order valence-corrected chi connectivity index (χ3v) is 3.49. The van der Waals surface area contributed by atoms with E-state index in [-0.39, 0.29) is 6.04 Å². The van der Waals surface area contributed by atoms with Gasteiger partial charge in [0.05, 0.1) is 12.7 Å². The monoisotopic (exact) mass is 280 g/mol. The van der Waals surface area contributed by atoms with Crippen molar-refractivity contribution in [2.45, 2.75) is 39.3 Å². The molecule has 4 nitrogen and oxygen atoms in total. The van der Waals surface area contributed by atoms with Crippen molar-refractivity contribution in [2.75, 3.05) is 27.2 Å². The molecule has 0 aliphatic heterocycles. The number of ether oxygens (including phenoxy) is 1. The van der Waals surface area contributed by atoms with Gasteiger partial charge in [-0.25, -0.2) is 0 Å². The summed E-state index contributed by atoms with van der Waals surface area (Å²) in [5, 5.41) is 10.5. The topological polar surface area (TPSA) is 58.7 Å². The van der Waals surface area contributed by atoms with Crippen molar-refractivity contribution >= 4 is 0 Å². The Kier molecular flexibility index (Phi) is 6.46. The predicted octanol–water partition coefficient (Wildman–Crippen LogP) is 2.01. The summed E-state index contributed by atoms with van der Waals surface area (Å²) >= 11 is 0. The Morgan fingerprint density at radius 3 is 2.25 bits per heavy atom. The van der Waals surface area contributed by atoms with Gasteiger partial charge >= 0.3 is 0 Å². The maximum Gasteiger partial charge on any atom is 0.119 e. The highest BCUT2D eigenvalue weighted by atomic mass is 16.5. The third kappa shape index (κ3) is 4.47. The fourth-order valence-corrected chi connectivity index (χ4v) is 2.43. The van der Waals surface area contributed by atoms with Crippen molar-refractivity contribution in [2.24, 2.45) is 5.73 Å². The Balaban J connectivity index is 2.89. The predicted molar refractivity (Wildman–Crippen MR) is 83.2 cm³/mol. The molecule has 2 atom stereocenters. The number of aryl methyl sites for hydroxylation is 2. The highest BCUT2D eigenvalue weighted by Crippen LogP contribution is 2.29. The van der Waals surface area contributed by atoms with Crippen LogP contribution in [0, 0.1) is 13.8 Å². The van der Waals surface area contributed by atoms with Crippen molar-refractivity contribution in [1.29, 1.82) is 0 Å². The smallest absolute Gasteiger partial charge is 0.119 e. The minimum atomic E-state index is -0.634. The van der Waals surface area contributed by atoms with Gasteiger partial charge in [0.15, 0.2) is 0 Å². The molecule has 20 heavy (non-hydrogen) atoms. The van der Waals surface area contributed by atoms with E-state index in [1.54, 1.807) is 0 Å². The molecular formula is C16H28N2O2. The van der Waals surface area contributed by atoms with E-state index in [4.69, 9.17) is 10.5 Å². The summed E-state index contributed by atoms with van der Waals surface area (Å²) in [6, 6.07) is 3.68. The maximum absolute atomic E-state index is 10.5. The van der Waals surface area contributed by atoms with Crippen LogP contribution in [0.1, 0.15) is 36.1 Å². The van der Waals surface area contributed by atoms with Crippen LogP contribution in [0.4, 0.5) is 0 Å². The first-order valence-electron chi connectivity index (χ1n) is 7.19. The molecule has 114 valence electrons. The standard InChI is InChI=1S/C16H28N2O2/c1-6-20-13-9-11(2)15(12(3)10-13)16(19)14(17)7-8-18(4)5/h9-10,14,16,19H,6-8,17H2,1-5H3. The van der Waals surface area contributed by atoms with Crippen LogP contribution in [0.3, 0.4) is 0 Å². The summed E-state index contributed by atoms with van der Waals surface area (Å²) in [4.78, 5) is 2.07. The van der Waals surface area contributed by atoms with Gasteiger partial charge in [-0.3, -0.25) is 0 Å². The first-order chi connectivity index (χ1) is 9.36. The van der Waals surface area contributed by atoms with Crippen LogP contribution in [0.15, 0.2) is 12.1 Å². The second-order valence-corrected chi connectivity index (χ2v) is 5.60. The average Bonchev–Trinajstić information content (AvgIpc) is 2.35. The molecule has 0 aliphatic carbocycles. The third-order valence-electron chi connectivity index (χ3n) is 3.49. The lowest BCUT2D eigenvalue weighted by molar-refractivity contribution is 0.136. The van der Waals surface area contributed by atoms with Crippen LogP contribution in [0.25, 0.3) is 0 Å². The van der Waals surface area contributed by atoms with Gasteiger partial charge in [0, 0.05) is 6.04 Å². The van der Waals surface area contributed by atoms with E-state index in [0.717, 1.165) is 35.4 Å². The van der Waals surface area contributed by atoms with Crippen molar-refractivity contribution in [3.05, 3.63) is 28.8 Å². The van der Waals surface area contributed by atoms with Crippen LogP contribution >= 0.6 is 0 Å². The van der Waals surface area contributed by atoms with Crippen molar-refractivity contribution < 1.29 is 9.84 Å². The molecule has 1 aromatic rings. The second kappa shape index (κ2) is 7.62. The van der Waals surface area contributed by atoms with Crippen molar-refractivity contribution in [3.63, 3.8) is 0 Å². The molecule has 2 unspecified atom stereocenters. The number of rotatable bonds is 7. The lowest BCUT2D eigenvalue weighted by atomic mass is 9.92. The number of nitrogens with two attached hydrogens (primary N) is 1. The maximum atomic E-state index is 10.5. The molecule has 0 amide bonds. The molecular weight excluding hydrogens is 252 g/mol. The lowest BCUT2D eigenvalue weighted by Gasteiger charge is -2.24. The molecule has 1 aromatic carbocycles. The highest BCUT2D eigenvalue weighted by Gasteiger charge is 2.21. The quantitative estimate of drug-likeness (QED) is 0.802. The molecule has 0 fully saturated rings. The molecule has 0 bridgehead atoms. The van der Waals surface area contributed by atoms with Gasteiger partial charge < -0.3 is 20.5 Å². The summed E-state index contributed by atoms with van der Waals surface area (Å²) in [6.45, 7) is 7.46. The molecule has 0 spiro atoms. The van der Waals surface area contributed by atoms with Crippen molar-refractivity contribution in [1.82, 2.24) is 4.90 Å². The summed E-state index contributed by atoms with van der Waals surface area (Å²) in [5.74, 6) is 0.848. The molecule has 3 N–H and O–H groups in total. The normalized spacial score (nSPS) is 14.4. The van der Waals surface area contributed by atoms with E-state index in [1.807, 2.05) is 47.0 Å². The minimum Gasteiger partial charge on any atom is -0.494 e. The fourth-order valence-electron chi connectivity index (χ4n) is 2.43. The Morgan fingerprint density at radius 1 is 1.25 bits per heavy atom. The molecule has 0 radical (unpaired) electrons. The van der Waals surface area contributed by atoms with E-state index >= 15 is 0 Å². The minimum absolute atomic E-state index is 0.257. The van der Waals surface area contributed by atoms with Gasteiger partial charge in [-0.2, -0.15) is 0 Å². The van der Waals surface area contributed by atoms with Crippen LogP contribution in [-0.4, -0.2) is 43.3 Å². The van der Waals surface area contributed by atoms with Gasteiger partial charge in [-0.1, -0.05) is 0 Å². The number of hydrogen-bond acceptors (Lipinski definition) is 4. The zero-order valence-corrected chi connectivity index (χ0v) is 13.3. The SMILES string of the molecule is CCOc1cc(C)c(C(O)C(N)CCN(C)C)c(C)c1. The molecule has 0 heterocycles. The van der Waals surface area contributed by atoms with Crippen LogP contribution in [-0.2, 0) is 0 Å². The van der Waals surface area contributed by atoms with Gasteiger partial charge in [0.1, 0.15) is 5.75 Å². The van der Waals surface area contributed by atoms with Gasteiger partial charge in [0.2, 0.25) is 0 Å². The van der Waals surface area contributed by atoms with Gasteiger partial charge in [-0.15, -0.1) is 0 Å². The second-order valence-electron chi connectivity index (χ2n) is 5.60. The average molecular weight is 280 g/mol. The number of hydrogen-bond donors (Lipinski definition) is 2. The zero-order chi connectivity index (χ0) is 15.3. The summed E-state index contributed by atoms with van der Waals surface area (Å²) in [5.41, 5.74) is 9.11. The van der Waals surface area contributed by atoms with Gasteiger partial charge in [0.25, 0.3) is 0 Å². The zero-order valence-electron chi connectivity index (χ0n) is 13.3. The van der Waals surface area contributed by atoms with E-state index < -0.39 is 6.10 Å². The number of aliphatic hydroxyl groups excluding tert-OH is 1. The fraction of sp³-hybridized carbons (Fsp3) is 0.625. The van der Waals surface area contributed by atoms with Gasteiger partial charge in [-0.05, 0) is 76.7 Å². The number of aliphatic hydroxyl groups is 1. The Hall–Kier alpha value is -1.10. The van der Waals surface area contributed by atoms with Crippen molar-refractivity contribution in [3.8, 4) is 5.75 Å². The first-order valence-corrected chi connectivity index (χ1v) is 7.19. The van der Waals surface area contributed by atoms with Crippen LogP contribution in [0.5, 0.6) is 5.75 Å². The largest absolute Gasteiger partial charge is 0.494 e. The summed E-state index contributed by atoms with van der Waals surface area (Å²) in [7, 11) is 4.01. The molecule has 1 rings (SSSR count). The summed E-state index contributed by atoms with van der Waals surface area (Å²) in [6.07, 6.45) is 0.130. The Labute approximate surface area is 122 Å². The molecule has 0 aliphatic rings. The Morgan fingerprint density at radius 2 is 1.80 bits per heavy atom. The molecule has 4 heteroatoms. The number of benzene rings is 1. The summed E-state index contributed by atoms with van der Waals surface area (Å²) < 4.78 is 5.52. The molecule has 0 saturated carbocycles. The van der Waals surface area contributed by atoms with Crippen LogP contribution in [0.2, 0.25) is 0 Å². The number of nitrogens with zero attached hydrogens (tertiary/aromatic N) is 1. The lowest BCUT2D eigenvalue weighted by Crippen LogP contribution is -2.32. The molecule has 0 saturated heterocycles. The van der Waals surface area contributed by atoms with Crippen LogP contribution < -0.4 is 10.5 Å². The molecule has 0 aromatic heterocycles. The first kappa shape index (κ1) is 17.0.